The van der Waals surface area contributed by atoms with E-state index in [4.69, 9.17) is 4.74 Å². The smallest absolute Gasteiger partial charge is 0.191 e. The van der Waals surface area contributed by atoms with Crippen LogP contribution in [0.3, 0.4) is 0 Å². The van der Waals surface area contributed by atoms with Gasteiger partial charge in [0.2, 0.25) is 0 Å². The van der Waals surface area contributed by atoms with E-state index in [0.717, 1.165) is 48.4 Å². The third-order valence-corrected chi connectivity index (χ3v) is 4.77. The van der Waals surface area contributed by atoms with Gasteiger partial charge >= 0.3 is 0 Å². The zero-order valence-electron chi connectivity index (χ0n) is 18.1. The highest BCUT2D eigenvalue weighted by Gasteiger charge is 2.05. The maximum Gasteiger partial charge on any atom is 0.191 e. The first-order chi connectivity index (χ1) is 14.6. The number of guanidine groups is 1. The summed E-state index contributed by atoms with van der Waals surface area (Å²) in [6, 6.07) is 10.3. The number of hydrogen-bond acceptors (Lipinski definition) is 4. The number of aryl methyl sites for hydroxylation is 2. The summed E-state index contributed by atoms with van der Waals surface area (Å²) in [6.07, 6.45) is 6.40. The molecule has 2 aromatic heterocycles. The van der Waals surface area contributed by atoms with Gasteiger partial charge in [0.1, 0.15) is 17.4 Å². The number of rotatable bonds is 8. The average molecular weight is 407 g/mol. The van der Waals surface area contributed by atoms with Crippen molar-refractivity contribution < 1.29 is 4.74 Å². The molecule has 3 aromatic rings. The van der Waals surface area contributed by atoms with E-state index in [0.29, 0.717) is 6.54 Å². The van der Waals surface area contributed by atoms with Crippen LogP contribution in [0.15, 0.2) is 53.9 Å². The molecule has 7 heteroatoms. The summed E-state index contributed by atoms with van der Waals surface area (Å²) in [6.45, 7) is 8.24. The molecule has 0 radical (unpaired) electrons. The molecule has 0 bridgehead atoms. The number of nitrogens with zero attached hydrogens (tertiary/aromatic N) is 4. The number of methoxy groups -OCH3 is 1. The highest BCUT2D eigenvalue weighted by molar-refractivity contribution is 5.79. The van der Waals surface area contributed by atoms with E-state index in [-0.39, 0.29) is 0 Å². The molecule has 2 heterocycles. The predicted molar refractivity (Wildman–Crippen MR) is 120 cm³/mol. The number of nitrogens with one attached hydrogen (secondary N) is 2. The Morgan fingerprint density at radius 3 is 2.67 bits per heavy atom. The minimum atomic E-state index is 0.555. The Morgan fingerprint density at radius 2 is 2.00 bits per heavy atom. The Hall–Kier alpha value is -3.35. The van der Waals surface area contributed by atoms with Gasteiger partial charge in [-0.05, 0) is 50.5 Å². The van der Waals surface area contributed by atoms with Crippen molar-refractivity contribution in [3.05, 3.63) is 71.4 Å². The molecule has 0 spiro atoms. The standard InChI is InChI=1S/C23H30N6O/c1-5-24-23(26-11-10-20-14-17(2)6-8-21(20)30-4)28-16-19-7-9-22(27-15-19)29-13-12-25-18(29)3/h6-9,12-15H,5,10-11,16H2,1-4H3,(H2,24,26,28). The molecule has 0 fully saturated rings. The lowest BCUT2D eigenvalue weighted by atomic mass is 10.1. The molecule has 0 aliphatic rings. The Bertz CT molecular complexity index is 978. The fourth-order valence-corrected chi connectivity index (χ4v) is 3.20. The van der Waals surface area contributed by atoms with Crippen molar-refractivity contribution in [2.24, 2.45) is 4.99 Å². The van der Waals surface area contributed by atoms with Gasteiger partial charge in [-0.15, -0.1) is 0 Å². The first-order valence-electron chi connectivity index (χ1n) is 10.2. The largest absolute Gasteiger partial charge is 0.496 e. The van der Waals surface area contributed by atoms with Crippen molar-refractivity contribution in [3.8, 4) is 11.6 Å². The van der Waals surface area contributed by atoms with Gasteiger partial charge in [0.15, 0.2) is 5.96 Å². The molecule has 1 aromatic carbocycles. The lowest BCUT2D eigenvalue weighted by Gasteiger charge is -2.13. The summed E-state index contributed by atoms with van der Waals surface area (Å²) >= 11 is 0. The number of ether oxygens (including phenoxy) is 1. The Kier molecular flexibility index (Phi) is 7.43. The minimum Gasteiger partial charge on any atom is -0.496 e. The van der Waals surface area contributed by atoms with E-state index in [1.165, 1.54) is 11.1 Å². The van der Waals surface area contributed by atoms with Crippen LogP contribution >= 0.6 is 0 Å². The van der Waals surface area contributed by atoms with E-state index >= 15 is 0 Å². The van der Waals surface area contributed by atoms with E-state index < -0.39 is 0 Å². The van der Waals surface area contributed by atoms with Crippen molar-refractivity contribution in [2.45, 2.75) is 33.7 Å². The molecule has 0 unspecified atom stereocenters. The molecule has 0 aliphatic heterocycles. The van der Waals surface area contributed by atoms with Crippen LogP contribution in [0, 0.1) is 13.8 Å². The van der Waals surface area contributed by atoms with E-state index in [9.17, 15) is 0 Å². The van der Waals surface area contributed by atoms with Crippen molar-refractivity contribution in [1.82, 2.24) is 25.2 Å². The van der Waals surface area contributed by atoms with Crippen molar-refractivity contribution in [1.29, 1.82) is 0 Å². The summed E-state index contributed by atoms with van der Waals surface area (Å²) in [4.78, 5) is 13.5. The maximum atomic E-state index is 5.47. The molecular weight excluding hydrogens is 376 g/mol. The summed E-state index contributed by atoms with van der Waals surface area (Å²) < 4.78 is 7.42. The van der Waals surface area contributed by atoms with Gasteiger partial charge < -0.3 is 15.4 Å². The van der Waals surface area contributed by atoms with Crippen LogP contribution in [-0.2, 0) is 13.0 Å². The van der Waals surface area contributed by atoms with Crippen molar-refractivity contribution in [2.75, 3.05) is 20.2 Å². The van der Waals surface area contributed by atoms with Gasteiger partial charge in [-0.3, -0.25) is 4.57 Å². The Labute approximate surface area is 178 Å². The highest BCUT2D eigenvalue weighted by Crippen LogP contribution is 2.19. The van der Waals surface area contributed by atoms with E-state index in [2.05, 4.69) is 51.6 Å². The molecule has 7 nitrogen and oxygen atoms in total. The lowest BCUT2D eigenvalue weighted by Crippen LogP contribution is -2.38. The topological polar surface area (TPSA) is 76.4 Å². The Morgan fingerprint density at radius 1 is 1.13 bits per heavy atom. The van der Waals surface area contributed by atoms with Crippen LogP contribution in [0.2, 0.25) is 0 Å². The van der Waals surface area contributed by atoms with E-state index in [1.54, 1.807) is 13.3 Å². The van der Waals surface area contributed by atoms with Gasteiger partial charge in [-0.1, -0.05) is 23.8 Å². The van der Waals surface area contributed by atoms with Gasteiger partial charge in [-0.2, -0.15) is 0 Å². The summed E-state index contributed by atoms with van der Waals surface area (Å²) in [7, 11) is 1.71. The molecule has 30 heavy (non-hydrogen) atoms. The van der Waals surface area contributed by atoms with Gasteiger partial charge in [0.05, 0.1) is 13.7 Å². The predicted octanol–water partition coefficient (Wildman–Crippen LogP) is 3.19. The second kappa shape index (κ2) is 10.4. The van der Waals surface area contributed by atoms with Crippen molar-refractivity contribution in [3.63, 3.8) is 0 Å². The number of pyridine rings is 1. The van der Waals surface area contributed by atoms with Gasteiger partial charge in [-0.25, -0.2) is 15.0 Å². The zero-order chi connectivity index (χ0) is 21.3. The molecule has 0 saturated heterocycles. The van der Waals surface area contributed by atoms with Crippen LogP contribution < -0.4 is 15.4 Å². The fraction of sp³-hybridized carbons (Fsp3) is 0.348. The first-order valence-corrected chi connectivity index (χ1v) is 10.2. The van der Waals surface area contributed by atoms with Gasteiger partial charge in [0.25, 0.3) is 0 Å². The Balaban J connectivity index is 1.59. The number of hydrogen-bond donors (Lipinski definition) is 2. The highest BCUT2D eigenvalue weighted by atomic mass is 16.5. The zero-order valence-corrected chi connectivity index (χ0v) is 18.1. The van der Waals surface area contributed by atoms with Crippen molar-refractivity contribution >= 4 is 5.96 Å². The third kappa shape index (κ3) is 5.59. The molecule has 0 amide bonds. The molecule has 0 aliphatic carbocycles. The minimum absolute atomic E-state index is 0.555. The molecular formula is C23H30N6O. The number of benzene rings is 1. The number of imidazole rings is 1. The lowest BCUT2D eigenvalue weighted by molar-refractivity contribution is 0.409. The summed E-state index contributed by atoms with van der Waals surface area (Å²) in [5, 5.41) is 6.70. The second-order valence-electron chi connectivity index (χ2n) is 7.06. The van der Waals surface area contributed by atoms with Crippen LogP contribution in [0.25, 0.3) is 5.82 Å². The maximum absolute atomic E-state index is 5.47. The fourth-order valence-electron chi connectivity index (χ4n) is 3.20. The molecule has 2 N–H and O–H groups in total. The quantitative estimate of drug-likeness (QED) is 0.444. The first kappa shape index (κ1) is 21.4. The second-order valence-corrected chi connectivity index (χ2v) is 7.06. The number of aliphatic imine (C=N–C) groups is 1. The average Bonchev–Trinajstić information content (AvgIpc) is 3.18. The normalized spacial score (nSPS) is 11.4. The molecule has 3 rings (SSSR count). The van der Waals surface area contributed by atoms with Gasteiger partial charge in [0, 0.05) is 31.7 Å². The monoisotopic (exact) mass is 406 g/mol. The SMILES string of the molecule is CCNC(=NCc1ccc(-n2ccnc2C)nc1)NCCc1cc(C)ccc1OC. The van der Waals surface area contributed by atoms with Crippen LogP contribution in [0.1, 0.15) is 29.4 Å². The van der Waals surface area contributed by atoms with E-state index in [1.807, 2.05) is 42.1 Å². The molecule has 0 atom stereocenters. The number of aromatic nitrogens is 3. The summed E-state index contributed by atoms with van der Waals surface area (Å²) in [5.74, 6) is 3.48. The van der Waals surface area contributed by atoms with Crippen LogP contribution in [0.4, 0.5) is 0 Å². The molecule has 0 saturated carbocycles. The van der Waals surface area contributed by atoms with Crippen LogP contribution in [0.5, 0.6) is 5.75 Å². The van der Waals surface area contributed by atoms with Crippen LogP contribution in [-0.4, -0.2) is 40.7 Å². The molecule has 158 valence electrons. The third-order valence-electron chi connectivity index (χ3n) is 4.77. The summed E-state index contributed by atoms with van der Waals surface area (Å²) in [5.41, 5.74) is 3.47.